The van der Waals surface area contributed by atoms with Gasteiger partial charge in [-0.2, -0.15) is 13.2 Å². The predicted octanol–water partition coefficient (Wildman–Crippen LogP) is 4.54. The molecule has 0 spiro atoms. The van der Waals surface area contributed by atoms with Crippen molar-refractivity contribution in [1.29, 1.82) is 0 Å². The van der Waals surface area contributed by atoms with E-state index in [2.05, 4.69) is 10.3 Å². The van der Waals surface area contributed by atoms with Crippen LogP contribution in [0.1, 0.15) is 30.0 Å². The van der Waals surface area contributed by atoms with Gasteiger partial charge < -0.3 is 15.0 Å². The number of hydrogen-bond donors (Lipinski definition) is 1. The van der Waals surface area contributed by atoms with E-state index in [1.165, 1.54) is 19.2 Å². The molecule has 5 nitrogen and oxygen atoms in total. The van der Waals surface area contributed by atoms with Crippen LogP contribution in [0.25, 0.3) is 0 Å². The van der Waals surface area contributed by atoms with Crippen LogP contribution in [0.4, 0.5) is 13.2 Å². The number of carbonyl (C=O) groups is 1. The van der Waals surface area contributed by atoms with Gasteiger partial charge >= 0.3 is 12.1 Å². The van der Waals surface area contributed by atoms with Crippen LogP contribution in [-0.2, 0) is 28.7 Å². The van der Waals surface area contributed by atoms with Crippen molar-refractivity contribution in [2.45, 2.75) is 38.5 Å². The molecule has 1 unspecified atom stereocenters. The summed E-state index contributed by atoms with van der Waals surface area (Å²) < 4.78 is 44.9. The lowest BCUT2D eigenvalue weighted by molar-refractivity contribution is -0.138. The fourth-order valence-corrected chi connectivity index (χ4v) is 3.74. The van der Waals surface area contributed by atoms with Gasteiger partial charge in [-0.05, 0) is 37.0 Å². The predicted molar refractivity (Wildman–Crippen MR) is 117 cm³/mol. The fraction of sp³-hybridized carbons (Fsp3) is 0.333. The number of nitrogens with one attached hydrogen (secondary N) is 1. The molecule has 0 aliphatic carbocycles. The molecule has 8 heteroatoms. The molecule has 0 amide bonds. The van der Waals surface area contributed by atoms with Crippen LogP contribution >= 0.6 is 0 Å². The largest absolute Gasteiger partial charge is 0.466 e. The Bertz CT molecular complexity index is 1020. The molecule has 32 heavy (non-hydrogen) atoms. The molecule has 1 atom stereocenters. The molecular formula is C24H26F3N3O2. The van der Waals surface area contributed by atoms with Crippen LogP contribution in [0.3, 0.4) is 0 Å². The highest BCUT2D eigenvalue weighted by atomic mass is 19.4. The maximum absolute atomic E-state index is 13.3. The minimum absolute atomic E-state index is 0.0870. The highest BCUT2D eigenvalue weighted by Crippen LogP contribution is 2.32. The third-order valence-corrected chi connectivity index (χ3v) is 5.55. The van der Waals surface area contributed by atoms with E-state index < -0.39 is 17.7 Å². The highest BCUT2D eigenvalue weighted by molar-refractivity contribution is 5.95. The molecule has 0 saturated heterocycles. The standard InChI is InChI=1S/C24H26F3N3O2/c1-16-21(22(31)32-3)20(14-13-17-9-5-4-6-10-17)29-23(30(16)2)28-15-18-11-7-8-12-19(18)24(25,26)27/h4-12,20H,13-15H2,1-3H3,(H,28,29). The summed E-state index contributed by atoms with van der Waals surface area (Å²) in [7, 11) is 3.04. The molecule has 170 valence electrons. The first-order valence-electron chi connectivity index (χ1n) is 10.2. The Morgan fingerprint density at radius 3 is 2.44 bits per heavy atom. The summed E-state index contributed by atoms with van der Waals surface area (Å²) in [5.41, 5.74) is 1.64. The van der Waals surface area contributed by atoms with E-state index in [4.69, 9.17) is 4.74 Å². The zero-order chi connectivity index (χ0) is 23.3. The summed E-state index contributed by atoms with van der Waals surface area (Å²) in [5, 5.41) is 3.23. The van der Waals surface area contributed by atoms with Crippen LogP contribution in [0, 0.1) is 0 Å². The van der Waals surface area contributed by atoms with Gasteiger partial charge in [0.05, 0.1) is 30.8 Å². The lowest BCUT2D eigenvalue weighted by atomic mass is 9.95. The van der Waals surface area contributed by atoms with Crippen LogP contribution in [0.15, 0.2) is 70.9 Å². The summed E-state index contributed by atoms with van der Waals surface area (Å²) in [6, 6.07) is 14.9. The lowest BCUT2D eigenvalue weighted by Gasteiger charge is -2.35. The van der Waals surface area contributed by atoms with Gasteiger partial charge in [0.2, 0.25) is 0 Å². The molecule has 0 saturated carbocycles. The number of benzene rings is 2. The van der Waals surface area contributed by atoms with Gasteiger partial charge in [-0.1, -0.05) is 48.5 Å². The van der Waals surface area contributed by atoms with Gasteiger partial charge in [-0.15, -0.1) is 0 Å². The number of halogens is 3. The number of nitrogens with zero attached hydrogens (tertiary/aromatic N) is 2. The number of allylic oxidation sites excluding steroid dienone is 1. The minimum atomic E-state index is -4.45. The van der Waals surface area contributed by atoms with E-state index in [0.29, 0.717) is 30.1 Å². The average molecular weight is 445 g/mol. The number of hydrogen-bond acceptors (Lipinski definition) is 3. The molecule has 1 heterocycles. The summed E-state index contributed by atoms with van der Waals surface area (Å²) in [5.74, 6) is -0.0356. The molecule has 1 aliphatic rings. The van der Waals surface area contributed by atoms with Crippen molar-refractivity contribution < 1.29 is 22.7 Å². The van der Waals surface area contributed by atoms with Crippen molar-refractivity contribution in [2.75, 3.05) is 14.2 Å². The molecule has 0 aromatic heterocycles. The lowest BCUT2D eigenvalue weighted by Crippen LogP contribution is -2.51. The second-order valence-electron chi connectivity index (χ2n) is 7.57. The second-order valence-corrected chi connectivity index (χ2v) is 7.57. The van der Waals surface area contributed by atoms with Crippen LogP contribution in [0.5, 0.6) is 0 Å². The van der Waals surface area contributed by atoms with Gasteiger partial charge in [0.1, 0.15) is 0 Å². The van der Waals surface area contributed by atoms with Crippen molar-refractivity contribution in [1.82, 2.24) is 10.2 Å². The van der Waals surface area contributed by atoms with Gasteiger partial charge in [-0.3, -0.25) is 0 Å². The van der Waals surface area contributed by atoms with Gasteiger partial charge in [0, 0.05) is 12.7 Å². The number of ether oxygens (including phenoxy) is 1. The molecule has 2 aromatic rings. The van der Waals surface area contributed by atoms with Crippen LogP contribution in [-0.4, -0.2) is 37.0 Å². The maximum atomic E-state index is 13.3. The molecular weight excluding hydrogens is 419 g/mol. The SMILES string of the molecule is COC(=O)C1=C(C)N(C)C(=NCc2ccccc2C(F)(F)F)NC1CCc1ccccc1. The Kier molecular flexibility index (Phi) is 7.22. The van der Waals surface area contributed by atoms with Gasteiger partial charge in [-0.25, -0.2) is 9.79 Å². The van der Waals surface area contributed by atoms with E-state index in [1.54, 1.807) is 24.9 Å². The minimum Gasteiger partial charge on any atom is -0.466 e. The van der Waals surface area contributed by atoms with Crippen molar-refractivity contribution >= 4 is 11.9 Å². The maximum Gasteiger partial charge on any atom is 0.416 e. The molecule has 0 radical (unpaired) electrons. The molecule has 1 aliphatic heterocycles. The number of aryl methyl sites for hydroxylation is 1. The smallest absolute Gasteiger partial charge is 0.416 e. The number of guanidine groups is 1. The first-order chi connectivity index (χ1) is 15.2. The van der Waals surface area contributed by atoms with Crippen molar-refractivity contribution in [3.63, 3.8) is 0 Å². The Hall–Kier alpha value is -3.29. The molecule has 0 bridgehead atoms. The number of methoxy groups -OCH3 is 1. The Morgan fingerprint density at radius 2 is 1.78 bits per heavy atom. The van der Waals surface area contributed by atoms with E-state index >= 15 is 0 Å². The first kappa shape index (κ1) is 23.4. The van der Waals surface area contributed by atoms with Gasteiger partial charge in [0.25, 0.3) is 0 Å². The summed E-state index contributed by atoms with van der Waals surface area (Å²) in [6.07, 6.45) is -3.15. The average Bonchev–Trinajstić information content (AvgIpc) is 2.78. The Labute approximate surface area is 185 Å². The monoisotopic (exact) mass is 445 g/mol. The normalized spacial score (nSPS) is 18.0. The zero-order valence-electron chi connectivity index (χ0n) is 18.2. The third kappa shape index (κ3) is 5.30. The summed E-state index contributed by atoms with van der Waals surface area (Å²) in [6.45, 7) is 1.64. The van der Waals surface area contributed by atoms with E-state index in [-0.39, 0.29) is 18.2 Å². The van der Waals surface area contributed by atoms with Gasteiger partial charge in [0.15, 0.2) is 5.96 Å². The van der Waals surface area contributed by atoms with E-state index in [1.807, 2.05) is 30.3 Å². The van der Waals surface area contributed by atoms with Crippen molar-refractivity contribution in [3.05, 3.63) is 82.6 Å². The number of carbonyl (C=O) groups excluding carboxylic acids is 1. The zero-order valence-corrected chi connectivity index (χ0v) is 18.2. The van der Waals surface area contributed by atoms with Crippen molar-refractivity contribution in [2.24, 2.45) is 4.99 Å². The molecule has 1 N–H and O–H groups in total. The highest BCUT2D eigenvalue weighted by Gasteiger charge is 2.34. The number of alkyl halides is 3. The van der Waals surface area contributed by atoms with Crippen molar-refractivity contribution in [3.8, 4) is 0 Å². The number of esters is 1. The Balaban J connectivity index is 1.88. The molecule has 0 fully saturated rings. The fourth-order valence-electron chi connectivity index (χ4n) is 3.74. The Morgan fingerprint density at radius 1 is 1.12 bits per heavy atom. The number of rotatable bonds is 6. The number of aliphatic imine (C=N–C) groups is 1. The molecule has 3 rings (SSSR count). The third-order valence-electron chi connectivity index (χ3n) is 5.55. The van der Waals surface area contributed by atoms with Crippen LogP contribution < -0.4 is 5.32 Å². The van der Waals surface area contributed by atoms with E-state index in [9.17, 15) is 18.0 Å². The topological polar surface area (TPSA) is 53.9 Å². The van der Waals surface area contributed by atoms with E-state index in [0.717, 1.165) is 11.6 Å². The van der Waals surface area contributed by atoms with Crippen LogP contribution in [0.2, 0.25) is 0 Å². The first-order valence-corrected chi connectivity index (χ1v) is 10.2. The quantitative estimate of drug-likeness (QED) is 0.663. The molecule has 2 aromatic carbocycles. The summed E-state index contributed by atoms with van der Waals surface area (Å²) >= 11 is 0. The summed E-state index contributed by atoms with van der Waals surface area (Å²) in [4.78, 5) is 18.6. The second kappa shape index (κ2) is 9.89.